The van der Waals surface area contributed by atoms with E-state index in [4.69, 9.17) is 5.53 Å². The van der Waals surface area contributed by atoms with Crippen LogP contribution in [0.2, 0.25) is 0 Å². The Morgan fingerprint density at radius 1 is 1.69 bits per heavy atom. The molecule has 0 aliphatic carbocycles. The van der Waals surface area contributed by atoms with E-state index in [2.05, 4.69) is 21.9 Å². The van der Waals surface area contributed by atoms with Crippen molar-refractivity contribution in [2.45, 2.75) is 13.3 Å². The summed E-state index contributed by atoms with van der Waals surface area (Å²) >= 11 is 1.69. The molecule has 0 saturated heterocycles. The number of azide groups is 1. The fourth-order valence-corrected chi connectivity index (χ4v) is 1.48. The molecule has 0 aliphatic heterocycles. The lowest BCUT2D eigenvalue weighted by molar-refractivity contribution is 1.01. The van der Waals surface area contributed by atoms with Crippen molar-refractivity contribution in [3.05, 3.63) is 32.3 Å². The quantitative estimate of drug-likeness (QED) is 0.227. The van der Waals surface area contributed by atoms with Crippen molar-refractivity contribution >= 4 is 11.3 Å². The molecule has 66 valence electrons. The third kappa shape index (κ3) is 3.20. The lowest BCUT2D eigenvalue weighted by Crippen LogP contribution is -1.75. The minimum Gasteiger partial charge on any atom is -0.148 e. The smallest absolute Gasteiger partial charge is 0.0381 e. The van der Waals surface area contributed by atoms with Crippen LogP contribution in [0.3, 0.4) is 0 Å². The van der Waals surface area contributed by atoms with Gasteiger partial charge >= 0.3 is 0 Å². The fraction of sp³-hybridized carbons (Fsp3) is 0.333. The zero-order valence-corrected chi connectivity index (χ0v) is 8.14. The van der Waals surface area contributed by atoms with Gasteiger partial charge in [-0.15, -0.1) is 11.3 Å². The van der Waals surface area contributed by atoms with E-state index in [-0.39, 0.29) is 0 Å². The van der Waals surface area contributed by atoms with E-state index in [1.807, 2.05) is 18.4 Å². The summed E-state index contributed by atoms with van der Waals surface area (Å²) in [6.45, 7) is 2.49. The Labute approximate surface area is 81.0 Å². The molecular formula is C9H9N3S. The number of nitrogens with zero attached hydrogens (tertiary/aromatic N) is 3. The summed E-state index contributed by atoms with van der Waals surface area (Å²) in [5.74, 6) is 5.98. The molecule has 0 unspecified atom stereocenters. The van der Waals surface area contributed by atoms with Gasteiger partial charge in [0, 0.05) is 28.3 Å². The predicted molar refractivity (Wildman–Crippen MR) is 54.6 cm³/mol. The molecule has 0 radical (unpaired) electrons. The van der Waals surface area contributed by atoms with Gasteiger partial charge in [0.05, 0.1) is 0 Å². The molecule has 0 aliphatic rings. The maximum atomic E-state index is 8.01. The number of rotatable bonds is 2. The van der Waals surface area contributed by atoms with Crippen molar-refractivity contribution < 1.29 is 0 Å². The molecule has 0 amide bonds. The summed E-state index contributed by atoms with van der Waals surface area (Å²) in [4.78, 5) is 3.88. The van der Waals surface area contributed by atoms with Gasteiger partial charge in [-0.1, -0.05) is 17.0 Å². The number of aryl methyl sites for hydroxylation is 1. The minimum absolute atomic E-state index is 0.451. The van der Waals surface area contributed by atoms with E-state index in [0.717, 1.165) is 5.56 Å². The molecule has 0 bridgehead atoms. The molecule has 0 atom stereocenters. The first kappa shape index (κ1) is 9.66. The van der Waals surface area contributed by atoms with Crippen LogP contribution in [-0.2, 0) is 0 Å². The van der Waals surface area contributed by atoms with Crippen LogP contribution in [0, 0.1) is 18.8 Å². The van der Waals surface area contributed by atoms with Gasteiger partial charge in [-0.3, -0.25) is 0 Å². The van der Waals surface area contributed by atoms with Crippen LogP contribution in [0.5, 0.6) is 0 Å². The maximum absolute atomic E-state index is 8.01. The summed E-state index contributed by atoms with van der Waals surface area (Å²) in [5.41, 5.74) is 9.08. The predicted octanol–water partition coefficient (Wildman–Crippen LogP) is 3.11. The molecule has 1 heterocycles. The van der Waals surface area contributed by atoms with E-state index < -0.39 is 0 Å². The Kier molecular flexibility index (Phi) is 3.90. The highest BCUT2D eigenvalue weighted by Crippen LogP contribution is 2.13. The summed E-state index contributed by atoms with van der Waals surface area (Å²) in [6, 6.07) is 2.00. The van der Waals surface area contributed by atoms with Crippen LogP contribution in [0.25, 0.3) is 10.4 Å². The first-order valence-electron chi connectivity index (χ1n) is 3.88. The SMILES string of the molecule is Cc1sccc1C#CCCN=[N+]=[N-]. The second kappa shape index (κ2) is 5.26. The molecule has 1 aromatic rings. The molecular weight excluding hydrogens is 182 g/mol. The van der Waals surface area contributed by atoms with Gasteiger partial charge in [-0.05, 0) is 23.9 Å². The fourth-order valence-electron chi connectivity index (χ4n) is 0.823. The number of thiophene rings is 1. The molecule has 0 aromatic carbocycles. The highest BCUT2D eigenvalue weighted by atomic mass is 32.1. The number of hydrogen-bond acceptors (Lipinski definition) is 2. The van der Waals surface area contributed by atoms with E-state index in [0.29, 0.717) is 13.0 Å². The Bertz CT molecular complexity index is 377. The molecule has 0 saturated carbocycles. The van der Waals surface area contributed by atoms with Gasteiger partial charge in [0.25, 0.3) is 0 Å². The second-order valence-electron chi connectivity index (χ2n) is 2.40. The van der Waals surface area contributed by atoms with Crippen LogP contribution in [0.1, 0.15) is 16.9 Å². The highest BCUT2D eigenvalue weighted by Gasteiger charge is 1.92. The maximum Gasteiger partial charge on any atom is 0.0381 e. The van der Waals surface area contributed by atoms with Gasteiger partial charge < -0.3 is 0 Å². The topological polar surface area (TPSA) is 48.8 Å². The molecule has 13 heavy (non-hydrogen) atoms. The molecule has 1 rings (SSSR count). The Hall–Kier alpha value is -1.43. The molecule has 0 fully saturated rings. The van der Waals surface area contributed by atoms with E-state index in [1.165, 1.54) is 4.88 Å². The summed E-state index contributed by atoms with van der Waals surface area (Å²) in [5, 5.41) is 5.41. The van der Waals surface area contributed by atoms with Gasteiger partial charge in [0.1, 0.15) is 0 Å². The first-order valence-corrected chi connectivity index (χ1v) is 4.76. The summed E-state index contributed by atoms with van der Waals surface area (Å²) < 4.78 is 0. The van der Waals surface area contributed by atoms with Gasteiger partial charge in [-0.2, -0.15) is 0 Å². The monoisotopic (exact) mass is 191 g/mol. The zero-order chi connectivity index (χ0) is 9.52. The zero-order valence-electron chi connectivity index (χ0n) is 7.32. The van der Waals surface area contributed by atoms with Crippen molar-refractivity contribution in [3.8, 4) is 11.8 Å². The molecule has 1 aromatic heterocycles. The van der Waals surface area contributed by atoms with E-state index >= 15 is 0 Å². The van der Waals surface area contributed by atoms with Crippen molar-refractivity contribution in [2.75, 3.05) is 6.54 Å². The van der Waals surface area contributed by atoms with Crippen molar-refractivity contribution in [2.24, 2.45) is 5.11 Å². The minimum atomic E-state index is 0.451. The largest absolute Gasteiger partial charge is 0.148 e. The second-order valence-corrected chi connectivity index (χ2v) is 3.52. The van der Waals surface area contributed by atoms with Crippen LogP contribution in [-0.4, -0.2) is 6.54 Å². The third-order valence-electron chi connectivity index (χ3n) is 1.48. The van der Waals surface area contributed by atoms with Crippen LogP contribution < -0.4 is 0 Å². The van der Waals surface area contributed by atoms with Crippen LogP contribution >= 0.6 is 11.3 Å². The highest BCUT2D eigenvalue weighted by molar-refractivity contribution is 7.10. The summed E-state index contributed by atoms with van der Waals surface area (Å²) in [7, 11) is 0. The molecule has 3 nitrogen and oxygen atoms in total. The average molecular weight is 191 g/mol. The van der Waals surface area contributed by atoms with E-state index in [9.17, 15) is 0 Å². The lowest BCUT2D eigenvalue weighted by Gasteiger charge is -1.83. The van der Waals surface area contributed by atoms with Crippen molar-refractivity contribution in [1.82, 2.24) is 0 Å². The van der Waals surface area contributed by atoms with E-state index in [1.54, 1.807) is 11.3 Å². The Morgan fingerprint density at radius 2 is 2.54 bits per heavy atom. The first-order chi connectivity index (χ1) is 6.34. The van der Waals surface area contributed by atoms with Gasteiger partial charge in [-0.25, -0.2) is 0 Å². The Morgan fingerprint density at radius 3 is 3.15 bits per heavy atom. The third-order valence-corrected chi connectivity index (χ3v) is 2.33. The Balaban J connectivity index is 2.48. The van der Waals surface area contributed by atoms with Crippen molar-refractivity contribution in [3.63, 3.8) is 0 Å². The van der Waals surface area contributed by atoms with Crippen molar-refractivity contribution in [1.29, 1.82) is 0 Å². The van der Waals surface area contributed by atoms with Gasteiger partial charge in [0.2, 0.25) is 0 Å². The summed E-state index contributed by atoms with van der Waals surface area (Å²) in [6.07, 6.45) is 0.624. The molecule has 4 heteroatoms. The molecule has 0 spiro atoms. The normalized spacial score (nSPS) is 8.38. The standard InChI is InChI=1S/C9H9N3S/c1-8-9(5-7-13-8)4-2-3-6-11-12-10/h5,7H,3,6H2,1H3. The van der Waals surface area contributed by atoms with Crippen LogP contribution in [0.4, 0.5) is 0 Å². The van der Waals surface area contributed by atoms with Gasteiger partial charge in [0.15, 0.2) is 0 Å². The number of hydrogen-bond donors (Lipinski definition) is 0. The molecule has 0 N–H and O–H groups in total. The lowest BCUT2D eigenvalue weighted by atomic mass is 10.2. The van der Waals surface area contributed by atoms with Crippen LogP contribution in [0.15, 0.2) is 16.6 Å². The average Bonchev–Trinajstić information content (AvgIpc) is 2.52.